The minimum absolute atomic E-state index is 0.126. The lowest BCUT2D eigenvalue weighted by molar-refractivity contribution is 0.0950. The Hall–Kier alpha value is -3.40. The molecule has 2 aromatic heterocycles. The Kier molecular flexibility index (Phi) is 4.01. The van der Waals surface area contributed by atoms with Crippen molar-refractivity contribution >= 4 is 16.8 Å². The molecule has 0 saturated carbocycles. The van der Waals surface area contributed by atoms with Gasteiger partial charge in [-0.1, -0.05) is 42.5 Å². The van der Waals surface area contributed by atoms with Gasteiger partial charge < -0.3 is 10.3 Å². The molecule has 2 N–H and O–H groups in total. The number of rotatable bonds is 4. The largest absolute Gasteiger partial charge is 0.361 e. The van der Waals surface area contributed by atoms with Crippen LogP contribution in [0.4, 0.5) is 0 Å². The van der Waals surface area contributed by atoms with E-state index in [1.165, 1.54) is 0 Å². The highest BCUT2D eigenvalue weighted by Crippen LogP contribution is 2.17. The number of benzene rings is 2. The number of carbonyl (C=O) groups is 1. The van der Waals surface area contributed by atoms with E-state index >= 15 is 0 Å². The maximum Gasteiger partial charge on any atom is 0.253 e. The molecule has 0 unspecified atom stereocenters. The van der Waals surface area contributed by atoms with Crippen LogP contribution in [-0.2, 0) is 6.54 Å². The Morgan fingerprint density at radius 2 is 1.88 bits per heavy atom. The van der Waals surface area contributed by atoms with E-state index in [1.807, 2.05) is 66.9 Å². The number of nitrogens with one attached hydrogen (secondary N) is 2. The van der Waals surface area contributed by atoms with Crippen LogP contribution in [0.15, 0.2) is 79.1 Å². The third-order valence-corrected chi connectivity index (χ3v) is 4.17. The summed E-state index contributed by atoms with van der Waals surface area (Å²) >= 11 is 0. The normalized spacial score (nSPS) is 10.7. The van der Waals surface area contributed by atoms with E-state index < -0.39 is 0 Å². The van der Waals surface area contributed by atoms with Gasteiger partial charge in [0.15, 0.2) is 0 Å². The van der Waals surface area contributed by atoms with Gasteiger partial charge in [-0.25, -0.2) is 0 Å². The zero-order chi connectivity index (χ0) is 17.1. The van der Waals surface area contributed by atoms with Crippen molar-refractivity contribution in [1.82, 2.24) is 15.3 Å². The van der Waals surface area contributed by atoms with Crippen LogP contribution >= 0.6 is 0 Å². The minimum Gasteiger partial charge on any atom is -0.361 e. The number of fused-ring (bicyclic) bond motifs is 1. The van der Waals surface area contributed by atoms with Gasteiger partial charge in [-0.15, -0.1) is 0 Å². The number of amides is 1. The van der Waals surface area contributed by atoms with E-state index in [1.54, 1.807) is 12.3 Å². The first-order valence-corrected chi connectivity index (χ1v) is 8.15. The Morgan fingerprint density at radius 1 is 1.00 bits per heavy atom. The highest BCUT2D eigenvalue weighted by molar-refractivity contribution is 5.94. The topological polar surface area (TPSA) is 57.8 Å². The summed E-state index contributed by atoms with van der Waals surface area (Å²) in [5, 5.41) is 4.10. The van der Waals surface area contributed by atoms with Gasteiger partial charge in [0.1, 0.15) is 0 Å². The van der Waals surface area contributed by atoms with Gasteiger partial charge in [0, 0.05) is 30.0 Å². The third-order valence-electron chi connectivity index (χ3n) is 4.17. The first-order valence-electron chi connectivity index (χ1n) is 8.15. The summed E-state index contributed by atoms with van der Waals surface area (Å²) < 4.78 is 0. The van der Waals surface area contributed by atoms with Crippen molar-refractivity contribution in [2.24, 2.45) is 0 Å². The summed E-state index contributed by atoms with van der Waals surface area (Å²) in [5.74, 6) is -0.126. The van der Waals surface area contributed by atoms with E-state index in [-0.39, 0.29) is 5.91 Å². The molecular formula is C21H17N3O. The van der Waals surface area contributed by atoms with E-state index in [0.717, 1.165) is 27.7 Å². The van der Waals surface area contributed by atoms with Crippen LogP contribution in [0.3, 0.4) is 0 Å². The molecule has 0 fully saturated rings. The van der Waals surface area contributed by atoms with Gasteiger partial charge >= 0.3 is 0 Å². The minimum atomic E-state index is -0.126. The number of aromatic nitrogens is 2. The number of pyridine rings is 1. The SMILES string of the molecule is O=C(NCc1ccc2cc[nH]c2c1)c1ccc(-c2ccccc2)nc1. The predicted octanol–water partition coefficient (Wildman–Crippen LogP) is 4.16. The van der Waals surface area contributed by atoms with E-state index in [0.29, 0.717) is 12.1 Å². The summed E-state index contributed by atoms with van der Waals surface area (Å²) in [6.07, 6.45) is 3.53. The molecule has 0 aliphatic heterocycles. The van der Waals surface area contributed by atoms with Gasteiger partial charge in [-0.05, 0) is 35.2 Å². The highest BCUT2D eigenvalue weighted by Gasteiger charge is 2.07. The number of nitrogens with zero attached hydrogens (tertiary/aromatic N) is 1. The van der Waals surface area contributed by atoms with Gasteiger partial charge in [0.05, 0.1) is 11.3 Å². The second kappa shape index (κ2) is 6.61. The molecule has 0 aliphatic rings. The highest BCUT2D eigenvalue weighted by atomic mass is 16.1. The van der Waals surface area contributed by atoms with Gasteiger partial charge in [-0.3, -0.25) is 9.78 Å². The second-order valence-electron chi connectivity index (χ2n) is 5.88. The Morgan fingerprint density at radius 3 is 2.68 bits per heavy atom. The summed E-state index contributed by atoms with van der Waals surface area (Å²) in [6.45, 7) is 0.480. The van der Waals surface area contributed by atoms with Crippen LogP contribution in [0.25, 0.3) is 22.2 Å². The fourth-order valence-electron chi connectivity index (χ4n) is 2.80. The van der Waals surface area contributed by atoms with Gasteiger partial charge in [-0.2, -0.15) is 0 Å². The molecule has 4 nitrogen and oxygen atoms in total. The van der Waals surface area contributed by atoms with Crippen molar-refractivity contribution in [2.75, 3.05) is 0 Å². The summed E-state index contributed by atoms with van der Waals surface area (Å²) in [6, 6.07) is 21.7. The quantitative estimate of drug-likeness (QED) is 0.591. The van der Waals surface area contributed by atoms with Crippen LogP contribution < -0.4 is 5.32 Å². The molecule has 0 radical (unpaired) electrons. The molecule has 25 heavy (non-hydrogen) atoms. The van der Waals surface area contributed by atoms with Gasteiger partial charge in [0.25, 0.3) is 5.91 Å². The number of hydrogen-bond acceptors (Lipinski definition) is 2. The molecular weight excluding hydrogens is 310 g/mol. The predicted molar refractivity (Wildman–Crippen MR) is 99.1 cm³/mol. The maximum absolute atomic E-state index is 12.3. The van der Waals surface area contributed by atoms with Crippen LogP contribution in [0.5, 0.6) is 0 Å². The second-order valence-corrected chi connectivity index (χ2v) is 5.88. The zero-order valence-corrected chi connectivity index (χ0v) is 13.6. The molecule has 4 aromatic rings. The standard InChI is InChI=1S/C21H17N3O/c25-21(24-13-15-6-7-17-10-11-22-20(17)12-15)18-8-9-19(23-14-18)16-4-2-1-3-5-16/h1-12,14,22H,13H2,(H,24,25). The summed E-state index contributed by atoms with van der Waals surface area (Å²) in [7, 11) is 0. The number of H-pyrrole nitrogens is 1. The summed E-state index contributed by atoms with van der Waals surface area (Å²) in [5.41, 5.74) is 4.57. The average molecular weight is 327 g/mol. The lowest BCUT2D eigenvalue weighted by atomic mass is 10.1. The zero-order valence-electron chi connectivity index (χ0n) is 13.6. The molecule has 2 heterocycles. The van der Waals surface area contributed by atoms with Crippen molar-refractivity contribution in [2.45, 2.75) is 6.54 Å². The van der Waals surface area contributed by atoms with Crippen molar-refractivity contribution in [3.05, 3.63) is 90.3 Å². The van der Waals surface area contributed by atoms with E-state index in [9.17, 15) is 4.79 Å². The average Bonchev–Trinajstić information content (AvgIpc) is 3.15. The lowest BCUT2D eigenvalue weighted by Gasteiger charge is -2.07. The lowest BCUT2D eigenvalue weighted by Crippen LogP contribution is -2.22. The number of hydrogen-bond donors (Lipinski definition) is 2. The smallest absolute Gasteiger partial charge is 0.253 e. The van der Waals surface area contributed by atoms with Crippen molar-refractivity contribution in [3.8, 4) is 11.3 Å². The molecule has 0 bridgehead atoms. The summed E-state index contributed by atoms with van der Waals surface area (Å²) in [4.78, 5) is 19.9. The number of carbonyl (C=O) groups excluding carboxylic acids is 1. The molecule has 2 aromatic carbocycles. The molecule has 0 aliphatic carbocycles. The molecule has 0 spiro atoms. The first-order chi connectivity index (χ1) is 12.3. The molecule has 4 heteroatoms. The fourth-order valence-corrected chi connectivity index (χ4v) is 2.80. The van der Waals surface area contributed by atoms with E-state index in [4.69, 9.17) is 0 Å². The fraction of sp³-hybridized carbons (Fsp3) is 0.0476. The maximum atomic E-state index is 12.3. The van der Waals surface area contributed by atoms with Crippen molar-refractivity contribution in [3.63, 3.8) is 0 Å². The Balaban J connectivity index is 1.44. The van der Waals surface area contributed by atoms with Gasteiger partial charge in [0.2, 0.25) is 0 Å². The van der Waals surface area contributed by atoms with Crippen molar-refractivity contribution < 1.29 is 4.79 Å². The molecule has 0 saturated heterocycles. The van der Waals surface area contributed by atoms with Crippen LogP contribution in [0.1, 0.15) is 15.9 Å². The molecule has 1 amide bonds. The monoisotopic (exact) mass is 327 g/mol. The third kappa shape index (κ3) is 3.28. The Bertz CT molecular complexity index is 1000. The van der Waals surface area contributed by atoms with Crippen LogP contribution in [0.2, 0.25) is 0 Å². The Labute approximate surface area is 145 Å². The molecule has 4 rings (SSSR count). The van der Waals surface area contributed by atoms with Crippen LogP contribution in [0, 0.1) is 0 Å². The van der Waals surface area contributed by atoms with E-state index in [2.05, 4.69) is 15.3 Å². The first kappa shape index (κ1) is 15.1. The molecule has 0 atom stereocenters. The molecule has 122 valence electrons. The van der Waals surface area contributed by atoms with Crippen LogP contribution in [-0.4, -0.2) is 15.9 Å². The van der Waals surface area contributed by atoms with Crippen molar-refractivity contribution in [1.29, 1.82) is 0 Å². The number of aromatic amines is 1.